The van der Waals surface area contributed by atoms with Gasteiger partial charge in [0.15, 0.2) is 15.0 Å². The predicted molar refractivity (Wildman–Crippen MR) is 89.8 cm³/mol. The first-order valence-corrected chi connectivity index (χ1v) is 9.96. The first-order chi connectivity index (χ1) is 10.9. The van der Waals surface area contributed by atoms with Crippen molar-refractivity contribution in [3.8, 4) is 0 Å². The molecule has 2 aromatic rings. The Hall–Kier alpha value is -1.93. The summed E-state index contributed by atoms with van der Waals surface area (Å²) in [5.41, 5.74) is 0.413. The van der Waals surface area contributed by atoms with Gasteiger partial charge < -0.3 is 9.80 Å². The molecule has 0 radical (unpaired) electrons. The molecule has 6 nitrogen and oxygen atoms in total. The number of amides is 1. The Kier molecular flexibility index (Phi) is 4.36. The van der Waals surface area contributed by atoms with Gasteiger partial charge in [0.2, 0.25) is 0 Å². The van der Waals surface area contributed by atoms with Crippen LogP contribution >= 0.6 is 11.3 Å². The molecule has 3 rings (SSSR count). The topological polar surface area (TPSA) is 70.6 Å². The van der Waals surface area contributed by atoms with Crippen molar-refractivity contribution in [3.63, 3.8) is 0 Å². The van der Waals surface area contributed by atoms with Crippen molar-refractivity contribution in [3.05, 3.63) is 41.4 Å². The smallest absolute Gasteiger partial charge is 0.254 e. The third kappa shape index (κ3) is 3.53. The van der Waals surface area contributed by atoms with Crippen LogP contribution in [0.15, 0.2) is 40.7 Å². The molecule has 1 aliphatic rings. The minimum atomic E-state index is -3.31. The Balaban J connectivity index is 1.70. The summed E-state index contributed by atoms with van der Waals surface area (Å²) in [6, 6.07) is 6.22. The number of rotatable bonds is 3. The van der Waals surface area contributed by atoms with E-state index in [1.165, 1.54) is 12.1 Å². The zero-order chi connectivity index (χ0) is 16.4. The lowest BCUT2D eigenvalue weighted by Crippen LogP contribution is -2.48. The Bertz CT molecular complexity index is 795. The van der Waals surface area contributed by atoms with Crippen LogP contribution in [-0.2, 0) is 9.84 Å². The molecular weight excluding hydrogens is 334 g/mol. The van der Waals surface area contributed by atoms with E-state index in [-0.39, 0.29) is 10.8 Å². The lowest BCUT2D eigenvalue weighted by atomic mass is 10.2. The van der Waals surface area contributed by atoms with Gasteiger partial charge in [-0.15, -0.1) is 11.3 Å². The van der Waals surface area contributed by atoms with Crippen LogP contribution in [0.3, 0.4) is 0 Å². The average Bonchev–Trinajstić information content (AvgIpc) is 3.08. The highest BCUT2D eigenvalue weighted by atomic mass is 32.2. The van der Waals surface area contributed by atoms with Crippen LogP contribution in [0.5, 0.6) is 0 Å². The summed E-state index contributed by atoms with van der Waals surface area (Å²) in [7, 11) is -3.31. The second kappa shape index (κ2) is 6.29. The fraction of sp³-hybridized carbons (Fsp3) is 0.333. The van der Waals surface area contributed by atoms with Gasteiger partial charge in [0, 0.05) is 49.6 Å². The Morgan fingerprint density at radius 2 is 1.96 bits per heavy atom. The molecule has 1 aromatic heterocycles. The Morgan fingerprint density at radius 3 is 2.57 bits per heavy atom. The maximum atomic E-state index is 12.6. The van der Waals surface area contributed by atoms with E-state index < -0.39 is 9.84 Å². The first-order valence-electron chi connectivity index (χ1n) is 7.19. The summed E-state index contributed by atoms with van der Waals surface area (Å²) in [4.78, 5) is 20.9. The van der Waals surface area contributed by atoms with Crippen LogP contribution in [0.25, 0.3) is 0 Å². The molecule has 1 amide bonds. The molecule has 1 aliphatic heterocycles. The summed E-state index contributed by atoms with van der Waals surface area (Å²) >= 11 is 1.58. The van der Waals surface area contributed by atoms with E-state index in [1.807, 2.05) is 5.38 Å². The third-order valence-electron chi connectivity index (χ3n) is 3.77. The second-order valence-corrected chi connectivity index (χ2v) is 8.28. The fourth-order valence-corrected chi connectivity index (χ4v) is 3.88. The largest absolute Gasteiger partial charge is 0.345 e. The van der Waals surface area contributed by atoms with Crippen molar-refractivity contribution in [2.75, 3.05) is 37.3 Å². The van der Waals surface area contributed by atoms with Crippen LogP contribution < -0.4 is 4.90 Å². The highest BCUT2D eigenvalue weighted by Gasteiger charge is 2.23. The molecule has 1 fully saturated rings. The van der Waals surface area contributed by atoms with Gasteiger partial charge in [-0.3, -0.25) is 4.79 Å². The zero-order valence-electron chi connectivity index (χ0n) is 12.7. The number of anilines is 1. The fourth-order valence-electron chi connectivity index (χ4n) is 2.52. The van der Waals surface area contributed by atoms with E-state index in [9.17, 15) is 13.2 Å². The minimum Gasteiger partial charge on any atom is -0.345 e. The van der Waals surface area contributed by atoms with E-state index in [0.29, 0.717) is 18.7 Å². The number of piperazine rings is 1. The Morgan fingerprint density at radius 1 is 1.22 bits per heavy atom. The number of hydrogen-bond acceptors (Lipinski definition) is 6. The minimum absolute atomic E-state index is 0.130. The molecule has 0 unspecified atom stereocenters. The van der Waals surface area contributed by atoms with Gasteiger partial charge in [0.25, 0.3) is 5.91 Å². The number of carbonyl (C=O) groups is 1. The van der Waals surface area contributed by atoms with Crippen molar-refractivity contribution in [1.82, 2.24) is 9.88 Å². The second-order valence-electron chi connectivity index (χ2n) is 5.39. The molecule has 0 aliphatic carbocycles. The molecule has 0 spiro atoms. The van der Waals surface area contributed by atoms with Crippen molar-refractivity contribution >= 4 is 32.2 Å². The molecule has 122 valence electrons. The molecule has 0 saturated carbocycles. The van der Waals surface area contributed by atoms with Crippen molar-refractivity contribution in [2.24, 2.45) is 0 Å². The van der Waals surface area contributed by atoms with Gasteiger partial charge in [-0.2, -0.15) is 0 Å². The lowest BCUT2D eigenvalue weighted by molar-refractivity contribution is 0.0746. The Labute approximate surface area is 139 Å². The van der Waals surface area contributed by atoms with E-state index in [2.05, 4.69) is 9.88 Å². The molecule has 0 atom stereocenters. The molecule has 23 heavy (non-hydrogen) atoms. The summed E-state index contributed by atoms with van der Waals surface area (Å²) in [6.45, 7) is 2.65. The summed E-state index contributed by atoms with van der Waals surface area (Å²) in [6.07, 6.45) is 2.91. The van der Waals surface area contributed by atoms with Gasteiger partial charge in [0.1, 0.15) is 0 Å². The molecule has 0 bridgehead atoms. The normalized spacial score (nSPS) is 15.7. The first kappa shape index (κ1) is 15.9. The molecule has 1 aromatic carbocycles. The van der Waals surface area contributed by atoms with Gasteiger partial charge in [-0.05, 0) is 18.2 Å². The quantitative estimate of drug-likeness (QED) is 0.838. The van der Waals surface area contributed by atoms with Crippen LogP contribution in [0.4, 0.5) is 5.13 Å². The van der Waals surface area contributed by atoms with Crippen LogP contribution in [0.2, 0.25) is 0 Å². The van der Waals surface area contributed by atoms with Gasteiger partial charge in [0.05, 0.1) is 4.90 Å². The van der Waals surface area contributed by atoms with Crippen molar-refractivity contribution in [2.45, 2.75) is 4.90 Å². The molecular formula is C15H17N3O3S2. The SMILES string of the molecule is CS(=O)(=O)c1cccc(C(=O)N2CCN(c3nccs3)CC2)c1. The zero-order valence-corrected chi connectivity index (χ0v) is 14.3. The molecule has 2 heterocycles. The predicted octanol–water partition coefficient (Wildman–Crippen LogP) is 1.51. The standard InChI is InChI=1S/C15H17N3O3S2/c1-23(20,21)13-4-2-3-12(11-13)14(19)17-6-8-18(9-7-17)15-16-5-10-22-15/h2-5,10-11H,6-9H2,1H3. The molecule has 0 N–H and O–H groups in total. The van der Waals surface area contributed by atoms with Gasteiger partial charge >= 0.3 is 0 Å². The summed E-state index contributed by atoms with van der Waals surface area (Å²) < 4.78 is 23.2. The highest BCUT2D eigenvalue weighted by Crippen LogP contribution is 2.20. The van der Waals surface area contributed by atoms with Crippen LogP contribution in [0.1, 0.15) is 10.4 Å². The van der Waals surface area contributed by atoms with Gasteiger partial charge in [-0.1, -0.05) is 6.07 Å². The van der Waals surface area contributed by atoms with Crippen LogP contribution in [0, 0.1) is 0 Å². The number of aromatic nitrogens is 1. The van der Waals surface area contributed by atoms with Gasteiger partial charge in [-0.25, -0.2) is 13.4 Å². The summed E-state index contributed by atoms with van der Waals surface area (Å²) in [5, 5.41) is 2.90. The number of sulfone groups is 1. The number of benzene rings is 1. The lowest BCUT2D eigenvalue weighted by Gasteiger charge is -2.34. The van der Waals surface area contributed by atoms with E-state index in [1.54, 1.807) is 34.6 Å². The maximum Gasteiger partial charge on any atom is 0.254 e. The monoisotopic (exact) mass is 351 g/mol. The number of thiazole rings is 1. The molecule has 1 saturated heterocycles. The van der Waals surface area contributed by atoms with Crippen molar-refractivity contribution < 1.29 is 13.2 Å². The van der Waals surface area contributed by atoms with E-state index in [4.69, 9.17) is 0 Å². The summed E-state index contributed by atoms with van der Waals surface area (Å²) in [5.74, 6) is -0.130. The van der Waals surface area contributed by atoms with Crippen LogP contribution in [-0.4, -0.2) is 56.6 Å². The molecule has 8 heteroatoms. The van der Waals surface area contributed by atoms with Crippen molar-refractivity contribution in [1.29, 1.82) is 0 Å². The number of hydrogen-bond donors (Lipinski definition) is 0. The van der Waals surface area contributed by atoms with E-state index >= 15 is 0 Å². The number of nitrogens with zero attached hydrogens (tertiary/aromatic N) is 3. The maximum absolute atomic E-state index is 12.6. The number of carbonyl (C=O) groups excluding carboxylic acids is 1. The van der Waals surface area contributed by atoms with E-state index in [0.717, 1.165) is 24.5 Å². The average molecular weight is 351 g/mol. The highest BCUT2D eigenvalue weighted by molar-refractivity contribution is 7.90. The third-order valence-corrected chi connectivity index (χ3v) is 5.71.